The molecule has 0 unspecified atom stereocenters. The maximum absolute atomic E-state index is 12.2. The zero-order chi connectivity index (χ0) is 16.3. The summed E-state index contributed by atoms with van der Waals surface area (Å²) in [6.07, 6.45) is 0. The van der Waals surface area contributed by atoms with Crippen LogP contribution in [0.15, 0.2) is 47.4 Å². The van der Waals surface area contributed by atoms with Crippen molar-refractivity contribution in [3.63, 3.8) is 0 Å². The first-order valence-electron chi connectivity index (χ1n) is 7.12. The first-order chi connectivity index (χ1) is 10.3. The molecule has 1 N–H and O–H groups in total. The van der Waals surface area contributed by atoms with Crippen LogP contribution in [0.1, 0.15) is 16.7 Å². The maximum atomic E-state index is 12.2. The lowest BCUT2D eigenvalue weighted by atomic mass is 10.1. The third-order valence-electron chi connectivity index (χ3n) is 3.40. The molecule has 2 aromatic rings. The molecule has 0 saturated carbocycles. The maximum Gasteiger partial charge on any atom is 0.242 e. The lowest BCUT2D eigenvalue weighted by Crippen LogP contribution is -2.22. The zero-order valence-corrected chi connectivity index (χ0v) is 14.2. The van der Waals surface area contributed by atoms with Gasteiger partial charge >= 0.3 is 0 Å². The molecule has 0 amide bonds. The van der Waals surface area contributed by atoms with Crippen LogP contribution in [-0.4, -0.2) is 26.8 Å². The van der Waals surface area contributed by atoms with Crippen molar-refractivity contribution in [2.75, 3.05) is 19.4 Å². The Bertz CT molecular complexity index is 748. The summed E-state index contributed by atoms with van der Waals surface area (Å²) in [6, 6.07) is 13.3. The predicted molar refractivity (Wildman–Crippen MR) is 90.6 cm³/mol. The van der Waals surface area contributed by atoms with E-state index in [1.165, 1.54) is 29.5 Å². The van der Waals surface area contributed by atoms with Crippen molar-refractivity contribution in [2.45, 2.75) is 25.3 Å². The van der Waals surface area contributed by atoms with Crippen LogP contribution in [0.25, 0.3) is 0 Å². The molecule has 0 spiro atoms. The Kier molecular flexibility index (Phi) is 4.88. The van der Waals surface area contributed by atoms with Crippen LogP contribution in [-0.2, 0) is 16.6 Å². The van der Waals surface area contributed by atoms with E-state index in [0.717, 1.165) is 11.3 Å². The van der Waals surface area contributed by atoms with Crippen molar-refractivity contribution in [1.29, 1.82) is 0 Å². The minimum atomic E-state index is -3.39. The standard InChI is InChI=1S/C17H22N2O2S/c1-13-8-14(2)10-16(9-13)18-12-15-6-5-7-17(11-15)22(20,21)19(3)4/h5-11,18H,12H2,1-4H3. The van der Waals surface area contributed by atoms with Gasteiger partial charge in [0.15, 0.2) is 0 Å². The number of sulfonamides is 1. The second kappa shape index (κ2) is 6.50. The van der Waals surface area contributed by atoms with Gasteiger partial charge in [-0.05, 0) is 54.8 Å². The van der Waals surface area contributed by atoms with Crippen molar-refractivity contribution in [3.05, 3.63) is 59.2 Å². The number of nitrogens with one attached hydrogen (secondary N) is 1. The van der Waals surface area contributed by atoms with E-state index in [4.69, 9.17) is 0 Å². The molecular formula is C17H22N2O2S. The van der Waals surface area contributed by atoms with Crippen LogP contribution < -0.4 is 5.32 Å². The van der Waals surface area contributed by atoms with Crippen LogP contribution in [0.2, 0.25) is 0 Å². The fourth-order valence-corrected chi connectivity index (χ4v) is 3.28. The molecular weight excluding hydrogens is 296 g/mol. The molecule has 2 rings (SSSR count). The molecule has 2 aromatic carbocycles. The van der Waals surface area contributed by atoms with E-state index in [1.54, 1.807) is 18.2 Å². The largest absolute Gasteiger partial charge is 0.381 e. The van der Waals surface area contributed by atoms with Crippen molar-refractivity contribution >= 4 is 15.7 Å². The summed E-state index contributed by atoms with van der Waals surface area (Å²) in [5.74, 6) is 0. The molecule has 0 fully saturated rings. The van der Waals surface area contributed by atoms with Crippen LogP contribution >= 0.6 is 0 Å². The molecule has 0 aliphatic rings. The molecule has 0 aromatic heterocycles. The number of rotatable bonds is 5. The SMILES string of the molecule is Cc1cc(C)cc(NCc2cccc(S(=O)(=O)N(C)C)c2)c1. The molecule has 0 radical (unpaired) electrons. The van der Waals surface area contributed by atoms with E-state index in [9.17, 15) is 8.42 Å². The second-order valence-electron chi connectivity index (χ2n) is 5.66. The second-order valence-corrected chi connectivity index (χ2v) is 7.82. The zero-order valence-electron chi connectivity index (χ0n) is 13.4. The first-order valence-corrected chi connectivity index (χ1v) is 8.57. The van der Waals surface area contributed by atoms with Gasteiger partial charge in [0.1, 0.15) is 0 Å². The van der Waals surface area contributed by atoms with Gasteiger partial charge < -0.3 is 5.32 Å². The highest BCUT2D eigenvalue weighted by Gasteiger charge is 2.16. The van der Waals surface area contributed by atoms with Crippen LogP contribution in [0, 0.1) is 13.8 Å². The van der Waals surface area contributed by atoms with E-state index in [-0.39, 0.29) is 0 Å². The van der Waals surface area contributed by atoms with Gasteiger partial charge in [-0.3, -0.25) is 0 Å². The molecule has 4 nitrogen and oxygen atoms in total. The van der Waals surface area contributed by atoms with Crippen LogP contribution in [0.5, 0.6) is 0 Å². The minimum Gasteiger partial charge on any atom is -0.381 e. The number of hydrogen-bond acceptors (Lipinski definition) is 3. The molecule has 22 heavy (non-hydrogen) atoms. The highest BCUT2D eigenvalue weighted by atomic mass is 32.2. The molecule has 5 heteroatoms. The quantitative estimate of drug-likeness (QED) is 0.921. The van der Waals surface area contributed by atoms with Crippen molar-refractivity contribution in [3.8, 4) is 0 Å². The molecule has 0 heterocycles. The molecule has 0 saturated heterocycles. The van der Waals surface area contributed by atoms with Gasteiger partial charge in [-0.2, -0.15) is 0 Å². The molecule has 0 aliphatic heterocycles. The highest BCUT2D eigenvalue weighted by molar-refractivity contribution is 7.89. The Hall–Kier alpha value is -1.85. The number of benzene rings is 2. The number of anilines is 1. The highest BCUT2D eigenvalue weighted by Crippen LogP contribution is 2.18. The monoisotopic (exact) mass is 318 g/mol. The third-order valence-corrected chi connectivity index (χ3v) is 5.21. The fourth-order valence-electron chi connectivity index (χ4n) is 2.31. The summed E-state index contributed by atoms with van der Waals surface area (Å²) in [6.45, 7) is 4.70. The van der Waals surface area contributed by atoms with Crippen LogP contribution in [0.3, 0.4) is 0 Å². The smallest absolute Gasteiger partial charge is 0.242 e. The Labute approximate surface area is 132 Å². The van der Waals surface area contributed by atoms with E-state index < -0.39 is 10.0 Å². The van der Waals surface area contributed by atoms with E-state index in [2.05, 4.69) is 37.4 Å². The van der Waals surface area contributed by atoms with Crippen LogP contribution in [0.4, 0.5) is 5.69 Å². The van der Waals surface area contributed by atoms with Gasteiger partial charge in [-0.15, -0.1) is 0 Å². The lowest BCUT2D eigenvalue weighted by molar-refractivity contribution is 0.520. The normalized spacial score (nSPS) is 11.7. The Morgan fingerprint density at radius 2 is 1.64 bits per heavy atom. The lowest BCUT2D eigenvalue weighted by Gasteiger charge is -2.13. The summed E-state index contributed by atoms with van der Waals surface area (Å²) >= 11 is 0. The summed E-state index contributed by atoms with van der Waals surface area (Å²) in [7, 11) is -0.315. The van der Waals surface area contributed by atoms with Gasteiger partial charge in [0, 0.05) is 26.3 Å². The van der Waals surface area contributed by atoms with Gasteiger partial charge in [0.2, 0.25) is 10.0 Å². The molecule has 118 valence electrons. The number of hydrogen-bond donors (Lipinski definition) is 1. The van der Waals surface area contributed by atoms with Crippen molar-refractivity contribution in [2.24, 2.45) is 0 Å². The van der Waals surface area contributed by atoms with Gasteiger partial charge in [-0.25, -0.2) is 12.7 Å². The minimum absolute atomic E-state index is 0.317. The Balaban J connectivity index is 2.18. The summed E-state index contributed by atoms with van der Waals surface area (Å²) in [5, 5.41) is 3.34. The van der Waals surface area contributed by atoms with E-state index in [0.29, 0.717) is 11.4 Å². The predicted octanol–water partition coefficient (Wildman–Crippen LogP) is 3.17. The van der Waals surface area contributed by atoms with E-state index in [1.807, 2.05) is 6.07 Å². The van der Waals surface area contributed by atoms with E-state index >= 15 is 0 Å². The van der Waals surface area contributed by atoms with Crippen molar-refractivity contribution in [1.82, 2.24) is 4.31 Å². The van der Waals surface area contributed by atoms with Crippen molar-refractivity contribution < 1.29 is 8.42 Å². The van der Waals surface area contributed by atoms with Gasteiger partial charge in [-0.1, -0.05) is 18.2 Å². The number of aryl methyl sites for hydroxylation is 2. The molecule has 0 aliphatic carbocycles. The fraction of sp³-hybridized carbons (Fsp3) is 0.294. The Morgan fingerprint density at radius 3 is 2.23 bits per heavy atom. The first kappa shape index (κ1) is 16.5. The van der Waals surface area contributed by atoms with Gasteiger partial charge in [0.25, 0.3) is 0 Å². The molecule has 0 bridgehead atoms. The summed E-state index contributed by atoms with van der Waals surface area (Å²) in [4.78, 5) is 0.317. The van der Waals surface area contributed by atoms with Gasteiger partial charge in [0.05, 0.1) is 4.90 Å². The summed E-state index contributed by atoms with van der Waals surface area (Å²) < 4.78 is 25.5. The Morgan fingerprint density at radius 1 is 1.00 bits per heavy atom. The topological polar surface area (TPSA) is 49.4 Å². The molecule has 0 atom stereocenters. The average Bonchev–Trinajstić information content (AvgIpc) is 2.44. The average molecular weight is 318 g/mol. The third kappa shape index (κ3) is 3.87. The number of nitrogens with zero attached hydrogens (tertiary/aromatic N) is 1. The summed E-state index contributed by atoms with van der Waals surface area (Å²) in [5.41, 5.74) is 4.37.